The molecule has 2 fully saturated rings. The van der Waals surface area contributed by atoms with Crippen molar-refractivity contribution < 1.29 is 9.53 Å². The van der Waals surface area contributed by atoms with Gasteiger partial charge < -0.3 is 9.64 Å². The van der Waals surface area contributed by atoms with E-state index in [2.05, 4.69) is 24.0 Å². The summed E-state index contributed by atoms with van der Waals surface area (Å²) in [6.07, 6.45) is 2.10. The number of nitrogens with zero attached hydrogens (tertiary/aromatic N) is 2. The van der Waals surface area contributed by atoms with Crippen LogP contribution < -0.4 is 0 Å². The third kappa shape index (κ3) is 2.83. The minimum Gasteiger partial charge on any atom is -0.367 e. The first-order valence-electron chi connectivity index (χ1n) is 7.79. The van der Waals surface area contributed by atoms with Crippen LogP contribution >= 0.6 is 0 Å². The topological polar surface area (TPSA) is 32.8 Å². The number of benzene rings is 1. The van der Waals surface area contributed by atoms with Gasteiger partial charge in [0.05, 0.1) is 19.2 Å². The maximum atomic E-state index is 12.8. The zero-order chi connectivity index (χ0) is 14.9. The lowest BCUT2D eigenvalue weighted by Crippen LogP contribution is -2.54. The van der Waals surface area contributed by atoms with Gasteiger partial charge in [-0.05, 0) is 38.9 Å². The van der Waals surface area contributed by atoms with Crippen molar-refractivity contribution in [2.45, 2.75) is 31.4 Å². The summed E-state index contributed by atoms with van der Waals surface area (Å²) >= 11 is 0. The van der Waals surface area contributed by atoms with Crippen molar-refractivity contribution in [3.05, 3.63) is 35.9 Å². The second-order valence-corrected chi connectivity index (χ2v) is 6.34. The van der Waals surface area contributed by atoms with Gasteiger partial charge in [-0.2, -0.15) is 0 Å². The van der Waals surface area contributed by atoms with E-state index in [1.54, 1.807) is 0 Å². The average molecular weight is 288 g/mol. The van der Waals surface area contributed by atoms with Crippen molar-refractivity contribution in [3.63, 3.8) is 0 Å². The van der Waals surface area contributed by atoms with Gasteiger partial charge in [0.25, 0.3) is 0 Å². The lowest BCUT2D eigenvalue weighted by Gasteiger charge is -2.42. The molecule has 4 nitrogen and oxygen atoms in total. The van der Waals surface area contributed by atoms with Gasteiger partial charge in [-0.15, -0.1) is 0 Å². The number of likely N-dealkylation sites (tertiary alicyclic amines) is 1. The van der Waals surface area contributed by atoms with E-state index in [4.69, 9.17) is 4.74 Å². The maximum absolute atomic E-state index is 12.8. The highest BCUT2D eigenvalue weighted by atomic mass is 16.5. The number of ether oxygens (including phenoxy) is 1. The molecule has 0 saturated carbocycles. The highest BCUT2D eigenvalue weighted by Crippen LogP contribution is 2.30. The Kier molecular flexibility index (Phi) is 4.00. The lowest BCUT2D eigenvalue weighted by atomic mass is 9.93. The Morgan fingerprint density at radius 1 is 1.29 bits per heavy atom. The van der Waals surface area contributed by atoms with E-state index < -0.39 is 5.60 Å². The van der Waals surface area contributed by atoms with Crippen LogP contribution in [0.3, 0.4) is 0 Å². The van der Waals surface area contributed by atoms with Crippen molar-refractivity contribution in [1.82, 2.24) is 9.80 Å². The van der Waals surface area contributed by atoms with Crippen molar-refractivity contribution in [2.75, 3.05) is 33.3 Å². The summed E-state index contributed by atoms with van der Waals surface area (Å²) in [6, 6.07) is 10.3. The molecule has 2 heterocycles. The van der Waals surface area contributed by atoms with Crippen molar-refractivity contribution in [1.29, 1.82) is 0 Å². The molecule has 21 heavy (non-hydrogen) atoms. The van der Waals surface area contributed by atoms with E-state index in [1.807, 2.05) is 30.1 Å². The van der Waals surface area contributed by atoms with Crippen LogP contribution in [0.2, 0.25) is 0 Å². The molecule has 1 aromatic rings. The molecule has 4 heteroatoms. The minimum absolute atomic E-state index is 0.0584. The second kappa shape index (κ2) is 5.78. The molecule has 1 unspecified atom stereocenters. The highest BCUT2D eigenvalue weighted by Gasteiger charge is 2.39. The van der Waals surface area contributed by atoms with Gasteiger partial charge in [0.2, 0.25) is 5.91 Å². The van der Waals surface area contributed by atoms with Crippen LogP contribution in [0.1, 0.15) is 25.3 Å². The summed E-state index contributed by atoms with van der Waals surface area (Å²) < 4.78 is 6.01. The summed E-state index contributed by atoms with van der Waals surface area (Å²) in [5.74, 6) is 0.264. The van der Waals surface area contributed by atoms with Crippen LogP contribution in [0, 0.1) is 0 Å². The zero-order valence-corrected chi connectivity index (χ0v) is 12.9. The number of carbonyl (C=O) groups is 1. The van der Waals surface area contributed by atoms with E-state index in [-0.39, 0.29) is 11.9 Å². The molecule has 1 amide bonds. The largest absolute Gasteiger partial charge is 0.367 e. The predicted octanol–water partition coefficient (Wildman–Crippen LogP) is 1.85. The van der Waals surface area contributed by atoms with Gasteiger partial charge in [-0.25, -0.2) is 0 Å². The van der Waals surface area contributed by atoms with E-state index >= 15 is 0 Å². The molecule has 0 N–H and O–H groups in total. The third-order valence-corrected chi connectivity index (χ3v) is 4.78. The fourth-order valence-corrected chi connectivity index (χ4v) is 3.46. The molecule has 0 bridgehead atoms. The number of carbonyl (C=O) groups excluding carboxylic acids is 1. The normalized spacial score (nSPS) is 30.6. The molecule has 2 saturated heterocycles. The molecule has 1 aromatic carbocycles. The van der Waals surface area contributed by atoms with Crippen molar-refractivity contribution >= 4 is 5.91 Å². The molecule has 0 aromatic heterocycles. The quantitative estimate of drug-likeness (QED) is 0.832. The summed E-state index contributed by atoms with van der Waals surface area (Å²) in [4.78, 5) is 16.9. The average Bonchev–Trinajstić information content (AvgIpc) is 2.93. The first-order valence-corrected chi connectivity index (χ1v) is 7.79. The predicted molar refractivity (Wildman–Crippen MR) is 82.0 cm³/mol. The monoisotopic (exact) mass is 288 g/mol. The summed E-state index contributed by atoms with van der Waals surface area (Å²) in [5, 5.41) is 0. The van der Waals surface area contributed by atoms with Crippen LogP contribution in [0.25, 0.3) is 0 Å². The van der Waals surface area contributed by atoms with Gasteiger partial charge in [0.1, 0.15) is 5.60 Å². The standard InChI is InChI=1S/C17H24N2O2/c1-17(14-7-4-3-5-8-14)13-19(11-12-21-17)16(20)15-9-6-10-18(15)2/h3-5,7-8,15H,6,9-13H2,1-2H3/t15-,17?/m0/s1. The van der Waals surface area contributed by atoms with Crippen LogP contribution in [-0.4, -0.2) is 55.0 Å². The molecule has 3 rings (SSSR count). The SMILES string of the molecule is CN1CCC[C@H]1C(=O)N1CCOC(C)(c2ccccc2)C1. The van der Waals surface area contributed by atoms with Crippen molar-refractivity contribution in [2.24, 2.45) is 0 Å². The van der Waals surface area contributed by atoms with Gasteiger partial charge >= 0.3 is 0 Å². The Balaban J connectivity index is 1.75. The van der Waals surface area contributed by atoms with Gasteiger partial charge in [-0.1, -0.05) is 30.3 Å². The van der Waals surface area contributed by atoms with E-state index in [9.17, 15) is 4.79 Å². The zero-order valence-electron chi connectivity index (χ0n) is 12.9. The fourth-order valence-electron chi connectivity index (χ4n) is 3.46. The molecule has 0 aliphatic carbocycles. The Hall–Kier alpha value is -1.39. The molecule has 2 aliphatic rings. The number of hydrogen-bond donors (Lipinski definition) is 0. The van der Waals surface area contributed by atoms with Gasteiger partial charge in [-0.3, -0.25) is 9.69 Å². The minimum atomic E-state index is -0.396. The lowest BCUT2D eigenvalue weighted by molar-refractivity contribution is -0.153. The number of morpholine rings is 1. The first kappa shape index (κ1) is 14.5. The molecule has 2 atom stereocenters. The summed E-state index contributed by atoms with van der Waals surface area (Å²) in [6.45, 7) is 5.05. The highest BCUT2D eigenvalue weighted by molar-refractivity contribution is 5.82. The molecular weight excluding hydrogens is 264 g/mol. The summed E-state index contributed by atoms with van der Waals surface area (Å²) in [7, 11) is 2.05. The second-order valence-electron chi connectivity index (χ2n) is 6.34. The Morgan fingerprint density at radius 3 is 2.71 bits per heavy atom. The molecular formula is C17H24N2O2. The van der Waals surface area contributed by atoms with Crippen LogP contribution in [-0.2, 0) is 15.1 Å². The van der Waals surface area contributed by atoms with E-state index in [0.29, 0.717) is 19.7 Å². The Bertz CT molecular complexity index is 505. The molecule has 2 aliphatic heterocycles. The van der Waals surface area contributed by atoms with Crippen LogP contribution in [0.4, 0.5) is 0 Å². The van der Waals surface area contributed by atoms with E-state index in [1.165, 1.54) is 0 Å². The molecule has 114 valence electrons. The third-order valence-electron chi connectivity index (χ3n) is 4.78. The number of amides is 1. The van der Waals surface area contributed by atoms with Crippen LogP contribution in [0.5, 0.6) is 0 Å². The van der Waals surface area contributed by atoms with Crippen molar-refractivity contribution in [3.8, 4) is 0 Å². The summed E-state index contributed by atoms with van der Waals surface area (Å²) in [5.41, 5.74) is 0.745. The first-order chi connectivity index (χ1) is 10.1. The Morgan fingerprint density at radius 2 is 2.05 bits per heavy atom. The number of rotatable bonds is 2. The van der Waals surface area contributed by atoms with Crippen LogP contribution in [0.15, 0.2) is 30.3 Å². The fraction of sp³-hybridized carbons (Fsp3) is 0.588. The Labute approximate surface area is 126 Å². The smallest absolute Gasteiger partial charge is 0.240 e. The van der Waals surface area contributed by atoms with Gasteiger partial charge in [0.15, 0.2) is 0 Å². The van der Waals surface area contributed by atoms with E-state index in [0.717, 1.165) is 24.9 Å². The molecule has 0 radical (unpaired) electrons. The number of likely N-dealkylation sites (N-methyl/N-ethyl adjacent to an activating group) is 1. The van der Waals surface area contributed by atoms with Gasteiger partial charge in [0, 0.05) is 6.54 Å². The number of hydrogen-bond acceptors (Lipinski definition) is 3. The maximum Gasteiger partial charge on any atom is 0.240 e. The molecule has 0 spiro atoms.